The van der Waals surface area contributed by atoms with Crippen molar-refractivity contribution < 1.29 is 0 Å². The molecule has 1 aromatic carbocycles. The molecule has 0 amide bonds. The van der Waals surface area contributed by atoms with Crippen molar-refractivity contribution in [2.75, 3.05) is 23.8 Å². The molecule has 128 valence electrons. The Morgan fingerprint density at radius 2 is 1.96 bits per heavy atom. The Bertz CT molecular complexity index is 840. The van der Waals surface area contributed by atoms with Gasteiger partial charge in [-0.3, -0.25) is 4.98 Å². The number of rotatable bonds is 6. The number of halogens is 1. The Labute approximate surface area is 151 Å². The van der Waals surface area contributed by atoms with Crippen molar-refractivity contribution in [2.24, 2.45) is 0 Å². The average Bonchev–Trinajstić information content (AvgIpc) is 2.64. The van der Waals surface area contributed by atoms with Gasteiger partial charge in [-0.1, -0.05) is 17.7 Å². The van der Waals surface area contributed by atoms with Crippen molar-refractivity contribution in [3.05, 3.63) is 65.1 Å². The van der Waals surface area contributed by atoms with Crippen molar-refractivity contribution in [2.45, 2.75) is 13.3 Å². The Balaban J connectivity index is 1.66. The lowest BCUT2D eigenvalue weighted by Crippen LogP contribution is -2.23. The first-order valence-electron chi connectivity index (χ1n) is 7.95. The highest BCUT2D eigenvalue weighted by molar-refractivity contribution is 6.31. The zero-order chi connectivity index (χ0) is 17.6. The highest BCUT2D eigenvalue weighted by Gasteiger charge is 2.07. The van der Waals surface area contributed by atoms with E-state index in [4.69, 9.17) is 11.6 Å². The number of pyridine rings is 1. The first kappa shape index (κ1) is 17.1. The maximum Gasteiger partial charge on any atom is 0.247 e. The second-order valence-electron chi connectivity index (χ2n) is 5.76. The van der Waals surface area contributed by atoms with E-state index in [2.05, 4.69) is 25.5 Å². The Morgan fingerprint density at radius 1 is 1.16 bits per heavy atom. The largest absolute Gasteiger partial charge is 0.342 e. The number of hydrogen-bond donors (Lipinski definition) is 1. The molecule has 0 aliphatic rings. The third-order valence-corrected chi connectivity index (χ3v) is 4.23. The van der Waals surface area contributed by atoms with Crippen molar-refractivity contribution in [3.63, 3.8) is 0 Å². The molecule has 6 nitrogen and oxygen atoms in total. The summed E-state index contributed by atoms with van der Waals surface area (Å²) in [4.78, 5) is 10.5. The van der Waals surface area contributed by atoms with Gasteiger partial charge in [-0.2, -0.15) is 10.1 Å². The van der Waals surface area contributed by atoms with Crippen LogP contribution in [0.15, 0.2) is 48.9 Å². The maximum absolute atomic E-state index is 6.16. The lowest BCUT2D eigenvalue weighted by atomic mass is 10.2. The Hall–Kier alpha value is -2.73. The van der Waals surface area contributed by atoms with Crippen LogP contribution in [0.25, 0.3) is 0 Å². The molecule has 0 fully saturated rings. The molecule has 0 radical (unpaired) electrons. The number of nitrogens with zero attached hydrogens (tertiary/aromatic N) is 5. The Morgan fingerprint density at radius 3 is 2.72 bits per heavy atom. The fraction of sp³-hybridized carbons (Fsp3) is 0.222. The van der Waals surface area contributed by atoms with Gasteiger partial charge < -0.3 is 10.2 Å². The van der Waals surface area contributed by atoms with E-state index in [9.17, 15) is 0 Å². The summed E-state index contributed by atoms with van der Waals surface area (Å²) < 4.78 is 0. The number of nitrogens with one attached hydrogen (secondary N) is 1. The summed E-state index contributed by atoms with van der Waals surface area (Å²) in [5.74, 6) is 1.19. The molecule has 25 heavy (non-hydrogen) atoms. The van der Waals surface area contributed by atoms with Gasteiger partial charge in [0.15, 0.2) is 5.82 Å². The molecule has 2 aromatic heterocycles. The second-order valence-corrected chi connectivity index (χ2v) is 6.16. The fourth-order valence-electron chi connectivity index (χ4n) is 2.28. The standard InChI is InChI=1S/C18H19ClN6/c1-13-3-4-15(11-16(13)19)22-17-12-21-24-18(23-17)25(2)10-7-14-5-8-20-9-6-14/h3-6,8-9,11-12H,7,10H2,1-2H3,(H,22,23,24). The van der Waals surface area contributed by atoms with Crippen molar-refractivity contribution in [1.29, 1.82) is 0 Å². The number of aromatic nitrogens is 4. The summed E-state index contributed by atoms with van der Waals surface area (Å²) in [7, 11) is 1.95. The smallest absolute Gasteiger partial charge is 0.247 e. The molecule has 3 aromatic rings. The van der Waals surface area contributed by atoms with Crippen LogP contribution in [0, 0.1) is 6.92 Å². The molecule has 0 saturated heterocycles. The first-order valence-corrected chi connectivity index (χ1v) is 8.32. The van der Waals surface area contributed by atoms with E-state index in [1.807, 2.05) is 49.2 Å². The molecule has 0 unspecified atom stereocenters. The minimum Gasteiger partial charge on any atom is -0.342 e. The number of hydrogen-bond acceptors (Lipinski definition) is 6. The van der Waals surface area contributed by atoms with Gasteiger partial charge in [0.1, 0.15) is 0 Å². The predicted molar refractivity (Wildman–Crippen MR) is 101 cm³/mol. The van der Waals surface area contributed by atoms with Gasteiger partial charge in [0, 0.05) is 36.7 Å². The monoisotopic (exact) mass is 354 g/mol. The molecule has 0 atom stereocenters. The Kier molecular flexibility index (Phi) is 5.40. The van der Waals surface area contributed by atoms with Crippen LogP contribution in [0.2, 0.25) is 5.02 Å². The summed E-state index contributed by atoms with van der Waals surface area (Å²) in [5, 5.41) is 12.1. The van der Waals surface area contributed by atoms with Crippen LogP contribution in [0.5, 0.6) is 0 Å². The van der Waals surface area contributed by atoms with Crippen LogP contribution in [0.4, 0.5) is 17.5 Å². The third kappa shape index (κ3) is 4.64. The van der Waals surface area contributed by atoms with E-state index >= 15 is 0 Å². The van der Waals surface area contributed by atoms with E-state index < -0.39 is 0 Å². The molecule has 0 aliphatic heterocycles. The highest BCUT2D eigenvalue weighted by Crippen LogP contribution is 2.22. The topological polar surface area (TPSA) is 66.8 Å². The quantitative estimate of drug-likeness (QED) is 0.728. The van der Waals surface area contributed by atoms with E-state index in [1.54, 1.807) is 18.6 Å². The minimum absolute atomic E-state index is 0.567. The molecule has 3 rings (SSSR count). The molecule has 2 heterocycles. The van der Waals surface area contributed by atoms with E-state index in [1.165, 1.54) is 5.56 Å². The van der Waals surface area contributed by atoms with Gasteiger partial charge in [-0.25, -0.2) is 0 Å². The molecule has 1 N–H and O–H groups in total. The van der Waals surface area contributed by atoms with E-state index in [0.29, 0.717) is 16.8 Å². The van der Waals surface area contributed by atoms with Crippen molar-refractivity contribution >= 4 is 29.1 Å². The van der Waals surface area contributed by atoms with Gasteiger partial charge >= 0.3 is 0 Å². The van der Waals surface area contributed by atoms with Gasteiger partial charge in [-0.05, 0) is 48.7 Å². The van der Waals surface area contributed by atoms with Gasteiger partial charge in [0.05, 0.1) is 6.20 Å². The number of benzene rings is 1. The molecular formula is C18H19ClN6. The van der Waals surface area contributed by atoms with Gasteiger partial charge in [0.2, 0.25) is 5.95 Å². The first-order chi connectivity index (χ1) is 12.1. The summed E-state index contributed by atoms with van der Waals surface area (Å²) >= 11 is 6.16. The maximum atomic E-state index is 6.16. The zero-order valence-corrected chi connectivity index (χ0v) is 14.9. The predicted octanol–water partition coefficient (Wildman–Crippen LogP) is 3.65. The summed E-state index contributed by atoms with van der Waals surface area (Å²) in [6, 6.07) is 9.79. The highest BCUT2D eigenvalue weighted by atomic mass is 35.5. The number of anilines is 3. The molecule has 7 heteroatoms. The van der Waals surface area contributed by atoms with Crippen LogP contribution >= 0.6 is 11.6 Å². The summed E-state index contributed by atoms with van der Waals surface area (Å²) in [6.07, 6.45) is 6.07. The van der Waals surface area contributed by atoms with Crippen LogP contribution in [-0.4, -0.2) is 33.8 Å². The van der Waals surface area contributed by atoms with Crippen LogP contribution in [-0.2, 0) is 6.42 Å². The lowest BCUT2D eigenvalue weighted by molar-refractivity contribution is 0.812. The minimum atomic E-state index is 0.567. The van der Waals surface area contributed by atoms with Crippen LogP contribution < -0.4 is 10.2 Å². The van der Waals surface area contributed by atoms with Crippen LogP contribution in [0.1, 0.15) is 11.1 Å². The SMILES string of the molecule is Cc1ccc(Nc2cnnc(N(C)CCc3ccncc3)n2)cc1Cl. The molecule has 0 aliphatic carbocycles. The average molecular weight is 355 g/mol. The van der Waals surface area contributed by atoms with Gasteiger partial charge in [0.25, 0.3) is 0 Å². The summed E-state index contributed by atoms with van der Waals surface area (Å²) in [6.45, 7) is 2.75. The molecule has 0 saturated carbocycles. The lowest BCUT2D eigenvalue weighted by Gasteiger charge is -2.17. The number of likely N-dealkylation sites (N-methyl/N-ethyl adjacent to an activating group) is 1. The van der Waals surface area contributed by atoms with Crippen molar-refractivity contribution in [1.82, 2.24) is 20.2 Å². The molecule has 0 bridgehead atoms. The molecular weight excluding hydrogens is 336 g/mol. The fourth-order valence-corrected chi connectivity index (χ4v) is 2.46. The number of aryl methyl sites for hydroxylation is 1. The third-order valence-electron chi connectivity index (χ3n) is 3.82. The zero-order valence-electron chi connectivity index (χ0n) is 14.1. The second kappa shape index (κ2) is 7.90. The van der Waals surface area contributed by atoms with Crippen molar-refractivity contribution in [3.8, 4) is 0 Å². The van der Waals surface area contributed by atoms with Crippen LogP contribution in [0.3, 0.4) is 0 Å². The molecule has 0 spiro atoms. The normalized spacial score (nSPS) is 10.5. The van der Waals surface area contributed by atoms with E-state index in [0.717, 1.165) is 24.2 Å². The van der Waals surface area contributed by atoms with E-state index in [-0.39, 0.29) is 0 Å². The summed E-state index contributed by atoms with van der Waals surface area (Å²) in [5.41, 5.74) is 3.12. The van der Waals surface area contributed by atoms with Gasteiger partial charge in [-0.15, -0.1) is 5.10 Å².